The summed E-state index contributed by atoms with van der Waals surface area (Å²) in [4.78, 5) is 0. The number of rotatable bonds is 8. The van der Waals surface area contributed by atoms with Crippen LogP contribution in [0.1, 0.15) is 43.2 Å². The molecule has 1 aliphatic rings. The Morgan fingerprint density at radius 2 is 0.745 bits per heavy atom. The molecule has 0 radical (unpaired) electrons. The van der Waals surface area contributed by atoms with Gasteiger partial charge in [0, 0.05) is 5.92 Å². The Morgan fingerprint density at radius 1 is 0.327 bits per heavy atom. The topological polar surface area (TPSA) is 0 Å². The van der Waals surface area contributed by atoms with Gasteiger partial charge in [-0.1, -0.05) is 190 Å². The maximum atomic E-state index is 2.52. The normalized spacial score (nSPS) is 13.2. The predicted molar refractivity (Wildman–Crippen MR) is 235 cm³/mol. The van der Waals surface area contributed by atoms with E-state index in [0.29, 0.717) is 5.92 Å². The second kappa shape index (κ2) is 14.0. The van der Waals surface area contributed by atoms with Crippen molar-refractivity contribution < 1.29 is 0 Å². The third-order valence-corrected chi connectivity index (χ3v) is 11.8. The molecule has 55 heavy (non-hydrogen) atoms. The van der Waals surface area contributed by atoms with Crippen molar-refractivity contribution in [3.05, 3.63) is 205 Å². The minimum Gasteiger partial charge on any atom is -0.0654 e. The van der Waals surface area contributed by atoms with Crippen LogP contribution in [0.3, 0.4) is 0 Å². The molecule has 1 unspecified atom stereocenters. The van der Waals surface area contributed by atoms with E-state index in [1.165, 1.54) is 119 Å². The van der Waals surface area contributed by atoms with Gasteiger partial charge in [-0.3, -0.25) is 0 Å². The molecule has 0 N–H and O–H groups in total. The van der Waals surface area contributed by atoms with Crippen LogP contribution in [0.25, 0.3) is 88.3 Å². The fraction of sp³-hybridized carbons (Fsp3) is 0.0909. The predicted octanol–water partition coefficient (Wildman–Crippen LogP) is 15.6. The molecule has 1 atom stereocenters. The van der Waals surface area contributed by atoms with Gasteiger partial charge in [0.25, 0.3) is 0 Å². The van der Waals surface area contributed by atoms with Gasteiger partial charge in [0.05, 0.1) is 0 Å². The number of benzene rings is 9. The molecule has 1 aliphatic carbocycles. The molecule has 9 aromatic rings. The van der Waals surface area contributed by atoms with Crippen LogP contribution >= 0.6 is 0 Å². The van der Waals surface area contributed by atoms with Crippen LogP contribution < -0.4 is 0 Å². The van der Waals surface area contributed by atoms with Gasteiger partial charge in [0.15, 0.2) is 0 Å². The van der Waals surface area contributed by atoms with Gasteiger partial charge < -0.3 is 0 Å². The SMILES string of the molecule is CCCCC1c2ccccc2-c2ccc(-c3c4ccccc4c(-c4ccc(-c5cc(-c6ccccc6)cc(-c6ccccc6)c5)cc4)c4ccccc34)cc21. The van der Waals surface area contributed by atoms with Crippen molar-refractivity contribution in [3.63, 3.8) is 0 Å². The first-order valence-corrected chi connectivity index (χ1v) is 19.8. The number of fused-ring (bicyclic) bond motifs is 5. The molecule has 0 heteroatoms. The standard InChI is InChI=1S/C55H42/c1-2-3-20-47-45-21-10-11-22-46(45)48-32-31-41(36-53(47)48)55-51-25-14-12-23-49(51)54(50-24-13-15-26-52(50)55)40-29-27-39(28-30-40)44-34-42(37-16-6-4-7-17-37)33-43(35-44)38-18-8-5-9-19-38/h4-19,21-36,47H,2-3,20H2,1H3. The summed E-state index contributed by atoms with van der Waals surface area (Å²) in [6, 6.07) is 72.1. The van der Waals surface area contributed by atoms with Crippen molar-refractivity contribution >= 4 is 21.5 Å². The largest absolute Gasteiger partial charge is 0.0654 e. The molecule has 0 heterocycles. The van der Waals surface area contributed by atoms with Crippen LogP contribution in [0.15, 0.2) is 194 Å². The Labute approximate surface area is 324 Å². The van der Waals surface area contributed by atoms with E-state index in [4.69, 9.17) is 0 Å². The van der Waals surface area contributed by atoms with Crippen LogP contribution in [0.5, 0.6) is 0 Å². The lowest BCUT2D eigenvalue weighted by Gasteiger charge is -2.19. The summed E-state index contributed by atoms with van der Waals surface area (Å²) < 4.78 is 0. The summed E-state index contributed by atoms with van der Waals surface area (Å²) >= 11 is 0. The highest BCUT2D eigenvalue weighted by Crippen LogP contribution is 2.50. The zero-order valence-corrected chi connectivity index (χ0v) is 31.2. The second-order valence-electron chi connectivity index (χ2n) is 15.0. The molecule has 0 spiro atoms. The molecule has 0 fully saturated rings. The van der Waals surface area contributed by atoms with Gasteiger partial charge in [-0.2, -0.15) is 0 Å². The van der Waals surface area contributed by atoms with Crippen molar-refractivity contribution in [2.45, 2.75) is 32.1 Å². The molecule has 0 aromatic heterocycles. The van der Waals surface area contributed by atoms with Crippen LogP contribution in [-0.4, -0.2) is 0 Å². The van der Waals surface area contributed by atoms with Crippen LogP contribution in [0.2, 0.25) is 0 Å². The molecule has 0 amide bonds. The molecule has 0 aliphatic heterocycles. The molecular formula is C55H42. The van der Waals surface area contributed by atoms with Gasteiger partial charge >= 0.3 is 0 Å². The minimum absolute atomic E-state index is 0.443. The lowest BCUT2D eigenvalue weighted by molar-refractivity contribution is 0.659. The highest BCUT2D eigenvalue weighted by Gasteiger charge is 2.29. The average molecular weight is 703 g/mol. The second-order valence-corrected chi connectivity index (χ2v) is 15.0. The van der Waals surface area contributed by atoms with Crippen molar-refractivity contribution in [2.24, 2.45) is 0 Å². The summed E-state index contributed by atoms with van der Waals surface area (Å²) in [6.45, 7) is 2.30. The Hall–Kier alpha value is -6.50. The van der Waals surface area contributed by atoms with Gasteiger partial charge in [-0.15, -0.1) is 0 Å². The van der Waals surface area contributed by atoms with E-state index >= 15 is 0 Å². The average Bonchev–Trinajstić information content (AvgIpc) is 3.57. The third-order valence-electron chi connectivity index (χ3n) is 11.8. The fourth-order valence-corrected chi connectivity index (χ4v) is 9.15. The third kappa shape index (κ3) is 5.86. The van der Waals surface area contributed by atoms with Crippen molar-refractivity contribution in [2.75, 3.05) is 0 Å². The molecule has 10 rings (SSSR count). The first-order valence-electron chi connectivity index (χ1n) is 19.8. The van der Waals surface area contributed by atoms with Gasteiger partial charge in [0.1, 0.15) is 0 Å². The van der Waals surface area contributed by atoms with E-state index in [-0.39, 0.29) is 0 Å². The number of hydrogen-bond acceptors (Lipinski definition) is 0. The number of unbranched alkanes of at least 4 members (excludes halogenated alkanes) is 1. The lowest BCUT2D eigenvalue weighted by atomic mass is 9.84. The van der Waals surface area contributed by atoms with Crippen molar-refractivity contribution in [3.8, 4) is 66.8 Å². The molecule has 0 saturated carbocycles. The van der Waals surface area contributed by atoms with E-state index in [1.54, 1.807) is 0 Å². The molecule has 0 nitrogen and oxygen atoms in total. The van der Waals surface area contributed by atoms with Crippen LogP contribution in [-0.2, 0) is 0 Å². The highest BCUT2D eigenvalue weighted by molar-refractivity contribution is 6.21. The Bertz CT molecular complexity index is 2710. The van der Waals surface area contributed by atoms with Crippen LogP contribution in [0.4, 0.5) is 0 Å². The Kier molecular flexibility index (Phi) is 8.45. The molecule has 9 aromatic carbocycles. The maximum Gasteiger partial charge on any atom is 0.0102 e. The highest BCUT2D eigenvalue weighted by atomic mass is 14.3. The zero-order valence-electron chi connectivity index (χ0n) is 31.2. The Balaban J connectivity index is 1.11. The van der Waals surface area contributed by atoms with E-state index in [9.17, 15) is 0 Å². The lowest BCUT2D eigenvalue weighted by Crippen LogP contribution is -1.97. The summed E-state index contributed by atoms with van der Waals surface area (Å²) in [7, 11) is 0. The Morgan fingerprint density at radius 3 is 1.29 bits per heavy atom. The summed E-state index contributed by atoms with van der Waals surface area (Å²) in [5.74, 6) is 0.443. The quantitative estimate of drug-likeness (QED) is 0.138. The first-order chi connectivity index (χ1) is 27.2. The van der Waals surface area contributed by atoms with E-state index in [2.05, 4.69) is 201 Å². The maximum absolute atomic E-state index is 2.52. The van der Waals surface area contributed by atoms with Crippen LogP contribution in [0, 0.1) is 0 Å². The smallest absolute Gasteiger partial charge is 0.0102 e. The van der Waals surface area contributed by atoms with Crippen molar-refractivity contribution in [1.29, 1.82) is 0 Å². The monoisotopic (exact) mass is 702 g/mol. The van der Waals surface area contributed by atoms with Gasteiger partial charge in [0.2, 0.25) is 0 Å². The fourth-order valence-electron chi connectivity index (χ4n) is 9.15. The minimum atomic E-state index is 0.443. The summed E-state index contributed by atoms with van der Waals surface area (Å²) in [5.41, 5.74) is 18.2. The van der Waals surface area contributed by atoms with E-state index in [1.807, 2.05) is 0 Å². The molecule has 0 saturated heterocycles. The molecular weight excluding hydrogens is 661 g/mol. The van der Waals surface area contributed by atoms with Gasteiger partial charge in [-0.25, -0.2) is 0 Å². The van der Waals surface area contributed by atoms with E-state index in [0.717, 1.165) is 0 Å². The first kappa shape index (κ1) is 33.1. The number of hydrogen-bond donors (Lipinski definition) is 0. The van der Waals surface area contributed by atoms with E-state index < -0.39 is 0 Å². The summed E-state index contributed by atoms with van der Waals surface area (Å²) in [6.07, 6.45) is 3.62. The zero-order chi connectivity index (χ0) is 36.7. The van der Waals surface area contributed by atoms with Gasteiger partial charge in [-0.05, 0) is 130 Å². The summed E-state index contributed by atoms with van der Waals surface area (Å²) in [5, 5.41) is 5.16. The van der Waals surface area contributed by atoms with Crippen molar-refractivity contribution in [1.82, 2.24) is 0 Å². The molecule has 262 valence electrons. The molecule has 0 bridgehead atoms.